The summed E-state index contributed by atoms with van der Waals surface area (Å²) in [5, 5.41) is 7.48. The van der Waals surface area contributed by atoms with Crippen LogP contribution in [0.4, 0.5) is 0 Å². The van der Waals surface area contributed by atoms with Gasteiger partial charge in [0, 0.05) is 19.1 Å². The molecule has 0 saturated carbocycles. The molecule has 6 nitrogen and oxygen atoms in total. The third kappa shape index (κ3) is 2.98. The molecule has 0 radical (unpaired) electrons. The van der Waals surface area contributed by atoms with Crippen LogP contribution in [0.3, 0.4) is 0 Å². The van der Waals surface area contributed by atoms with Crippen molar-refractivity contribution in [1.82, 2.24) is 19.8 Å². The first-order valence-corrected chi connectivity index (χ1v) is 8.05. The fraction of sp³-hybridized carbons (Fsp3) is 0.750. The molecule has 2 rings (SSSR count). The standard InChI is InChI=1S/C12H22N4O2S/c1-8-7-11(5-6-13-8)15-19(17,18)12-9(2)14-16(4)10(12)3/h8,11,13,15H,5-7H2,1-4H3. The van der Waals surface area contributed by atoms with Gasteiger partial charge in [0.05, 0.1) is 11.4 Å². The van der Waals surface area contributed by atoms with Gasteiger partial charge >= 0.3 is 0 Å². The van der Waals surface area contributed by atoms with Gasteiger partial charge in [-0.1, -0.05) is 0 Å². The van der Waals surface area contributed by atoms with Gasteiger partial charge in [0.15, 0.2) is 0 Å². The summed E-state index contributed by atoms with van der Waals surface area (Å²) in [6, 6.07) is 0.345. The van der Waals surface area contributed by atoms with Crippen molar-refractivity contribution >= 4 is 10.0 Å². The smallest absolute Gasteiger partial charge is 0.244 e. The van der Waals surface area contributed by atoms with Crippen LogP contribution < -0.4 is 10.0 Å². The van der Waals surface area contributed by atoms with E-state index in [1.807, 2.05) is 0 Å². The Balaban J connectivity index is 2.23. The molecule has 1 aromatic heterocycles. The van der Waals surface area contributed by atoms with Gasteiger partial charge in [0.2, 0.25) is 10.0 Å². The predicted octanol–water partition coefficient (Wildman–Crippen LogP) is 0.456. The second-order valence-electron chi connectivity index (χ2n) is 5.32. The first kappa shape index (κ1) is 14.5. The summed E-state index contributed by atoms with van der Waals surface area (Å²) in [5.41, 5.74) is 1.22. The molecule has 1 aromatic rings. The molecular weight excluding hydrogens is 264 g/mol. The first-order chi connectivity index (χ1) is 8.81. The maximum atomic E-state index is 12.5. The second kappa shape index (κ2) is 5.22. The van der Waals surface area contributed by atoms with Crippen LogP contribution in [0, 0.1) is 13.8 Å². The highest BCUT2D eigenvalue weighted by Gasteiger charge is 2.28. The van der Waals surface area contributed by atoms with Crippen molar-refractivity contribution in [1.29, 1.82) is 0 Å². The second-order valence-corrected chi connectivity index (χ2v) is 6.97. The van der Waals surface area contributed by atoms with Crippen molar-refractivity contribution in [2.24, 2.45) is 7.05 Å². The number of hydrogen-bond donors (Lipinski definition) is 2. The van der Waals surface area contributed by atoms with Crippen molar-refractivity contribution in [2.75, 3.05) is 6.54 Å². The Kier molecular flexibility index (Phi) is 3.98. The molecule has 2 atom stereocenters. The van der Waals surface area contributed by atoms with Crippen molar-refractivity contribution in [3.63, 3.8) is 0 Å². The van der Waals surface area contributed by atoms with E-state index in [4.69, 9.17) is 0 Å². The van der Waals surface area contributed by atoms with Crippen molar-refractivity contribution < 1.29 is 8.42 Å². The Morgan fingerprint density at radius 3 is 2.63 bits per heavy atom. The summed E-state index contributed by atoms with van der Waals surface area (Å²) in [7, 11) is -1.73. The zero-order chi connectivity index (χ0) is 14.2. The minimum Gasteiger partial charge on any atom is -0.314 e. The lowest BCUT2D eigenvalue weighted by molar-refractivity contribution is 0.361. The highest BCUT2D eigenvalue weighted by molar-refractivity contribution is 7.89. The van der Waals surface area contributed by atoms with E-state index < -0.39 is 10.0 Å². The molecule has 1 aliphatic rings. The lowest BCUT2D eigenvalue weighted by Gasteiger charge is -2.28. The zero-order valence-electron chi connectivity index (χ0n) is 11.9. The maximum absolute atomic E-state index is 12.5. The van der Waals surface area contributed by atoms with Gasteiger partial charge in [-0.25, -0.2) is 13.1 Å². The van der Waals surface area contributed by atoms with Crippen LogP contribution in [0.2, 0.25) is 0 Å². The fourth-order valence-corrected chi connectivity index (χ4v) is 4.38. The molecule has 2 N–H and O–H groups in total. The van der Waals surface area contributed by atoms with E-state index in [0.717, 1.165) is 19.4 Å². The summed E-state index contributed by atoms with van der Waals surface area (Å²) in [4.78, 5) is 0.321. The number of rotatable bonds is 3. The predicted molar refractivity (Wildman–Crippen MR) is 73.5 cm³/mol. The molecule has 2 heterocycles. The summed E-state index contributed by atoms with van der Waals surface area (Å²) in [5.74, 6) is 0. The lowest BCUT2D eigenvalue weighted by Crippen LogP contribution is -2.46. The van der Waals surface area contributed by atoms with E-state index in [2.05, 4.69) is 22.1 Å². The molecule has 1 fully saturated rings. The van der Waals surface area contributed by atoms with Gasteiger partial charge in [0.1, 0.15) is 4.90 Å². The number of nitrogens with zero attached hydrogens (tertiary/aromatic N) is 2. The van der Waals surface area contributed by atoms with Crippen LogP contribution in [-0.2, 0) is 17.1 Å². The Hall–Kier alpha value is -0.920. The molecule has 2 unspecified atom stereocenters. The number of aryl methyl sites for hydroxylation is 2. The van der Waals surface area contributed by atoms with E-state index >= 15 is 0 Å². The molecule has 108 valence electrons. The number of nitrogens with one attached hydrogen (secondary N) is 2. The summed E-state index contributed by atoms with van der Waals surface area (Å²) in [6.07, 6.45) is 1.64. The Bertz CT molecular complexity index is 565. The first-order valence-electron chi connectivity index (χ1n) is 6.57. The van der Waals surface area contributed by atoms with E-state index in [9.17, 15) is 8.42 Å². The minimum atomic E-state index is -3.48. The summed E-state index contributed by atoms with van der Waals surface area (Å²) >= 11 is 0. The van der Waals surface area contributed by atoms with Gasteiger partial charge in [-0.05, 0) is 40.2 Å². The Labute approximate surface area is 114 Å². The third-order valence-corrected chi connectivity index (χ3v) is 5.43. The van der Waals surface area contributed by atoms with E-state index in [1.54, 1.807) is 25.6 Å². The maximum Gasteiger partial charge on any atom is 0.244 e. The van der Waals surface area contributed by atoms with E-state index in [-0.39, 0.29) is 6.04 Å². The van der Waals surface area contributed by atoms with Crippen LogP contribution in [0.25, 0.3) is 0 Å². The van der Waals surface area contributed by atoms with Gasteiger partial charge in [0.25, 0.3) is 0 Å². The topological polar surface area (TPSA) is 76.0 Å². The number of aromatic nitrogens is 2. The molecular formula is C12H22N4O2S. The molecule has 1 aliphatic heterocycles. The number of sulfonamides is 1. The Morgan fingerprint density at radius 2 is 2.11 bits per heavy atom. The quantitative estimate of drug-likeness (QED) is 0.846. The highest BCUT2D eigenvalue weighted by Crippen LogP contribution is 2.20. The van der Waals surface area contributed by atoms with Crippen LogP contribution in [0.1, 0.15) is 31.2 Å². The summed E-state index contributed by atoms with van der Waals surface area (Å²) in [6.45, 7) is 6.42. The van der Waals surface area contributed by atoms with Crippen LogP contribution >= 0.6 is 0 Å². The molecule has 19 heavy (non-hydrogen) atoms. The number of hydrogen-bond acceptors (Lipinski definition) is 4. The molecule has 0 amide bonds. The number of piperidine rings is 1. The SMILES string of the molecule is Cc1nn(C)c(C)c1S(=O)(=O)NC1CCNC(C)C1. The van der Waals surface area contributed by atoms with Crippen molar-refractivity contribution in [3.05, 3.63) is 11.4 Å². The zero-order valence-corrected chi connectivity index (χ0v) is 12.7. The molecule has 1 saturated heterocycles. The van der Waals surface area contributed by atoms with Gasteiger partial charge in [-0.2, -0.15) is 5.10 Å². The highest BCUT2D eigenvalue weighted by atomic mass is 32.2. The van der Waals surface area contributed by atoms with Gasteiger partial charge in [-0.3, -0.25) is 4.68 Å². The molecule has 0 aliphatic carbocycles. The van der Waals surface area contributed by atoms with Crippen LogP contribution in [-0.4, -0.2) is 36.8 Å². The van der Waals surface area contributed by atoms with Crippen molar-refractivity contribution in [2.45, 2.75) is 50.6 Å². The molecule has 0 bridgehead atoms. The normalized spacial score (nSPS) is 24.6. The monoisotopic (exact) mass is 286 g/mol. The van der Waals surface area contributed by atoms with Crippen LogP contribution in [0.15, 0.2) is 4.90 Å². The average Bonchev–Trinajstić information content (AvgIpc) is 2.52. The molecule has 7 heteroatoms. The van der Waals surface area contributed by atoms with Crippen molar-refractivity contribution in [3.8, 4) is 0 Å². The van der Waals surface area contributed by atoms with E-state index in [1.165, 1.54) is 0 Å². The average molecular weight is 286 g/mol. The van der Waals surface area contributed by atoms with E-state index in [0.29, 0.717) is 22.3 Å². The Morgan fingerprint density at radius 1 is 1.42 bits per heavy atom. The molecule has 0 aromatic carbocycles. The fourth-order valence-electron chi connectivity index (χ4n) is 2.66. The largest absolute Gasteiger partial charge is 0.314 e. The lowest BCUT2D eigenvalue weighted by atomic mass is 10.0. The third-order valence-electron chi connectivity index (χ3n) is 3.66. The van der Waals surface area contributed by atoms with Gasteiger partial charge < -0.3 is 5.32 Å². The van der Waals surface area contributed by atoms with Gasteiger partial charge in [-0.15, -0.1) is 0 Å². The summed E-state index contributed by atoms with van der Waals surface area (Å²) < 4.78 is 29.4. The molecule has 0 spiro atoms. The van der Waals surface area contributed by atoms with Crippen LogP contribution in [0.5, 0.6) is 0 Å². The minimum absolute atomic E-state index is 0.000237.